The third kappa shape index (κ3) is 2.80. The van der Waals surface area contributed by atoms with Crippen LogP contribution in [0.1, 0.15) is 19.8 Å². The minimum absolute atomic E-state index is 0.350. The average molecular weight is 401 g/mol. The fourth-order valence-electron chi connectivity index (χ4n) is 2.99. The Labute approximate surface area is 138 Å². The van der Waals surface area contributed by atoms with Crippen LogP contribution in [0, 0.1) is 13.8 Å². The molecular formula is C15H20IN3S. The number of nitrogens with zero attached hydrogens (tertiary/aromatic N) is 2. The van der Waals surface area contributed by atoms with E-state index in [9.17, 15) is 0 Å². The molecule has 3 nitrogen and oxygen atoms in total. The van der Waals surface area contributed by atoms with Gasteiger partial charge in [-0.1, -0.05) is 6.92 Å². The van der Waals surface area contributed by atoms with Crippen LogP contribution in [0.5, 0.6) is 0 Å². The number of benzene rings is 1. The standard InChI is InChI=1S/C15H20IN3S/c1-15(5-7-18(2)8-6-15)10-19-13-4-3-11(16)9-12(13)17-14(19)20/h3-4,9H,5-8,10H2,1-2H3,(H,17,20). The van der Waals surface area contributed by atoms with Crippen LogP contribution in [-0.2, 0) is 6.54 Å². The van der Waals surface area contributed by atoms with Crippen LogP contribution in [0.2, 0.25) is 0 Å². The zero-order chi connectivity index (χ0) is 14.3. The van der Waals surface area contributed by atoms with Crippen LogP contribution in [0.25, 0.3) is 11.0 Å². The maximum Gasteiger partial charge on any atom is 0.178 e. The predicted molar refractivity (Wildman–Crippen MR) is 94.7 cm³/mol. The average Bonchev–Trinajstić information content (AvgIpc) is 2.69. The highest BCUT2D eigenvalue weighted by Crippen LogP contribution is 2.33. The number of rotatable bonds is 2. The number of nitrogens with one attached hydrogen (secondary N) is 1. The van der Waals surface area contributed by atoms with Crippen LogP contribution in [0.3, 0.4) is 0 Å². The third-order valence-corrected chi connectivity index (χ3v) is 5.46. The molecule has 1 fully saturated rings. The van der Waals surface area contributed by atoms with Crippen molar-refractivity contribution < 1.29 is 0 Å². The number of hydrogen-bond donors (Lipinski definition) is 1. The molecule has 0 spiro atoms. The van der Waals surface area contributed by atoms with Gasteiger partial charge in [-0.05, 0) is 91.4 Å². The van der Waals surface area contributed by atoms with E-state index in [-0.39, 0.29) is 0 Å². The van der Waals surface area contributed by atoms with E-state index in [0.717, 1.165) is 16.8 Å². The normalized spacial score (nSPS) is 19.6. The summed E-state index contributed by atoms with van der Waals surface area (Å²) >= 11 is 7.87. The molecule has 1 aromatic heterocycles. The first kappa shape index (κ1) is 14.5. The molecule has 0 bridgehead atoms. The van der Waals surface area contributed by atoms with E-state index in [1.165, 1.54) is 35.0 Å². The van der Waals surface area contributed by atoms with Gasteiger partial charge in [0.05, 0.1) is 11.0 Å². The van der Waals surface area contributed by atoms with Crippen molar-refractivity contribution in [2.45, 2.75) is 26.3 Å². The number of H-pyrrole nitrogens is 1. The first-order valence-electron chi connectivity index (χ1n) is 7.03. The van der Waals surface area contributed by atoms with Crippen LogP contribution in [0.15, 0.2) is 18.2 Å². The van der Waals surface area contributed by atoms with Gasteiger partial charge in [0, 0.05) is 10.1 Å². The molecule has 1 aliphatic heterocycles. The van der Waals surface area contributed by atoms with E-state index in [1.54, 1.807) is 0 Å². The van der Waals surface area contributed by atoms with Crippen LogP contribution in [-0.4, -0.2) is 34.6 Å². The second-order valence-corrected chi connectivity index (χ2v) is 7.92. The number of likely N-dealkylation sites (tertiary alicyclic amines) is 1. The van der Waals surface area contributed by atoms with Crippen LogP contribution in [0.4, 0.5) is 0 Å². The Bertz CT molecular complexity index is 680. The van der Waals surface area contributed by atoms with Gasteiger partial charge in [0.15, 0.2) is 4.77 Å². The van der Waals surface area contributed by atoms with E-state index in [0.29, 0.717) is 5.41 Å². The van der Waals surface area contributed by atoms with E-state index in [1.807, 2.05) is 0 Å². The Morgan fingerprint density at radius 1 is 1.35 bits per heavy atom. The molecule has 0 aliphatic carbocycles. The molecule has 0 saturated carbocycles. The summed E-state index contributed by atoms with van der Waals surface area (Å²) < 4.78 is 4.37. The Hall–Kier alpha value is -0.400. The number of aromatic amines is 1. The van der Waals surface area contributed by atoms with Gasteiger partial charge in [0.1, 0.15) is 0 Å². The molecule has 1 N–H and O–H groups in total. The Morgan fingerprint density at radius 3 is 2.75 bits per heavy atom. The van der Waals surface area contributed by atoms with Gasteiger partial charge >= 0.3 is 0 Å². The number of hydrogen-bond acceptors (Lipinski definition) is 2. The molecule has 0 radical (unpaired) electrons. The maximum atomic E-state index is 5.53. The lowest BCUT2D eigenvalue weighted by molar-refractivity contribution is 0.121. The molecule has 5 heteroatoms. The van der Waals surface area contributed by atoms with Crippen molar-refractivity contribution in [3.05, 3.63) is 26.5 Å². The first-order valence-corrected chi connectivity index (χ1v) is 8.52. The fourth-order valence-corrected chi connectivity index (χ4v) is 3.76. The molecule has 1 saturated heterocycles. The van der Waals surface area contributed by atoms with Crippen molar-refractivity contribution in [1.29, 1.82) is 0 Å². The number of piperidine rings is 1. The van der Waals surface area contributed by atoms with Crippen molar-refractivity contribution in [3.63, 3.8) is 0 Å². The highest BCUT2D eigenvalue weighted by atomic mass is 127. The van der Waals surface area contributed by atoms with E-state index in [4.69, 9.17) is 12.2 Å². The molecule has 0 atom stereocenters. The number of aromatic nitrogens is 2. The van der Waals surface area contributed by atoms with Crippen LogP contribution >= 0.6 is 34.8 Å². The molecule has 2 aromatic rings. The van der Waals surface area contributed by atoms with Crippen LogP contribution < -0.4 is 0 Å². The third-order valence-electron chi connectivity index (χ3n) is 4.47. The lowest BCUT2D eigenvalue weighted by Gasteiger charge is -2.38. The predicted octanol–water partition coefficient (Wildman–Crippen LogP) is 4.04. The second-order valence-electron chi connectivity index (χ2n) is 6.29. The van der Waals surface area contributed by atoms with Gasteiger partial charge in [-0.2, -0.15) is 0 Å². The molecule has 20 heavy (non-hydrogen) atoms. The lowest BCUT2D eigenvalue weighted by Crippen LogP contribution is -2.38. The van der Waals surface area contributed by atoms with Gasteiger partial charge in [-0.3, -0.25) is 0 Å². The fraction of sp³-hybridized carbons (Fsp3) is 0.533. The number of imidazole rings is 1. The van der Waals surface area contributed by atoms with Gasteiger partial charge in [0.25, 0.3) is 0 Å². The highest BCUT2D eigenvalue weighted by Gasteiger charge is 2.29. The SMILES string of the molecule is CN1CCC(C)(Cn2c(=S)[nH]c3cc(I)ccc32)CC1. The molecule has 1 aliphatic rings. The van der Waals surface area contributed by atoms with Crippen molar-refractivity contribution in [2.24, 2.45) is 5.41 Å². The second kappa shape index (κ2) is 5.42. The molecule has 0 amide bonds. The van der Waals surface area contributed by atoms with Gasteiger partial charge < -0.3 is 14.5 Å². The summed E-state index contributed by atoms with van der Waals surface area (Å²) in [5.74, 6) is 0. The van der Waals surface area contributed by atoms with E-state index < -0.39 is 0 Å². The summed E-state index contributed by atoms with van der Waals surface area (Å²) in [7, 11) is 2.21. The zero-order valence-electron chi connectivity index (χ0n) is 11.9. The minimum atomic E-state index is 0.350. The quantitative estimate of drug-likeness (QED) is 0.607. The molecular weight excluding hydrogens is 381 g/mol. The first-order chi connectivity index (χ1) is 9.47. The Balaban J connectivity index is 1.95. The molecule has 0 unspecified atom stereocenters. The number of halogens is 1. The summed E-state index contributed by atoms with van der Waals surface area (Å²) in [5.41, 5.74) is 2.73. The molecule has 3 rings (SSSR count). The largest absolute Gasteiger partial charge is 0.331 e. The van der Waals surface area contributed by atoms with E-state index >= 15 is 0 Å². The van der Waals surface area contributed by atoms with Crippen molar-refractivity contribution >= 4 is 45.8 Å². The summed E-state index contributed by atoms with van der Waals surface area (Å²) in [6.07, 6.45) is 2.48. The summed E-state index contributed by atoms with van der Waals surface area (Å²) in [4.78, 5) is 5.76. The molecule has 2 heterocycles. The van der Waals surface area contributed by atoms with Crippen molar-refractivity contribution in [2.75, 3.05) is 20.1 Å². The van der Waals surface area contributed by atoms with Gasteiger partial charge in [-0.15, -0.1) is 0 Å². The summed E-state index contributed by atoms with van der Waals surface area (Å²) in [6, 6.07) is 6.50. The summed E-state index contributed by atoms with van der Waals surface area (Å²) in [6.45, 7) is 5.78. The van der Waals surface area contributed by atoms with Gasteiger partial charge in [-0.25, -0.2) is 0 Å². The lowest BCUT2D eigenvalue weighted by atomic mass is 9.80. The van der Waals surface area contributed by atoms with E-state index in [2.05, 4.69) is 69.2 Å². The zero-order valence-corrected chi connectivity index (χ0v) is 14.9. The monoisotopic (exact) mass is 401 g/mol. The maximum absolute atomic E-state index is 5.53. The molecule has 108 valence electrons. The Morgan fingerprint density at radius 2 is 2.05 bits per heavy atom. The topological polar surface area (TPSA) is 24.0 Å². The molecule has 1 aromatic carbocycles. The number of fused-ring (bicyclic) bond motifs is 1. The van der Waals surface area contributed by atoms with Crippen molar-refractivity contribution in [3.8, 4) is 0 Å². The Kier molecular flexibility index (Phi) is 3.94. The van der Waals surface area contributed by atoms with Gasteiger partial charge in [0.2, 0.25) is 0 Å². The minimum Gasteiger partial charge on any atom is -0.331 e. The summed E-state index contributed by atoms with van der Waals surface area (Å²) in [5, 5.41) is 0. The smallest absolute Gasteiger partial charge is 0.178 e. The van der Waals surface area contributed by atoms with Crippen molar-refractivity contribution in [1.82, 2.24) is 14.5 Å². The highest BCUT2D eigenvalue weighted by molar-refractivity contribution is 14.1.